The molecule has 7 heteroatoms. The van der Waals surface area contributed by atoms with Crippen molar-refractivity contribution in [3.05, 3.63) is 33.9 Å². The van der Waals surface area contributed by atoms with Gasteiger partial charge >= 0.3 is 0 Å². The monoisotopic (exact) mass is 290 g/mol. The minimum absolute atomic E-state index is 0.112. The number of anilines is 1. The zero-order valence-electron chi connectivity index (χ0n) is 12.0. The number of benzene rings is 1. The summed E-state index contributed by atoms with van der Waals surface area (Å²) < 4.78 is 0. The fraction of sp³-hybridized carbons (Fsp3) is 0.429. The third-order valence-corrected chi connectivity index (χ3v) is 2.73. The van der Waals surface area contributed by atoms with E-state index in [2.05, 4.69) is 10.6 Å². The Labute approximate surface area is 123 Å². The van der Waals surface area contributed by atoms with Crippen LogP contribution in [0.5, 0.6) is 0 Å². The lowest BCUT2D eigenvalue weighted by molar-refractivity contribution is -0.383. The highest BCUT2D eigenvalue weighted by molar-refractivity contribution is 5.93. The van der Waals surface area contributed by atoms with Crippen molar-refractivity contribution in [1.82, 2.24) is 5.32 Å². The molecule has 0 radical (unpaired) electrons. The summed E-state index contributed by atoms with van der Waals surface area (Å²) >= 11 is 0. The van der Waals surface area contributed by atoms with Gasteiger partial charge in [-0.1, -0.05) is 13.8 Å². The Morgan fingerprint density at radius 3 is 2.76 bits per heavy atom. The molecule has 112 valence electrons. The Morgan fingerprint density at radius 2 is 2.19 bits per heavy atom. The Hall–Kier alpha value is -2.46. The van der Waals surface area contributed by atoms with Crippen LogP contribution in [0.25, 0.3) is 0 Å². The molecule has 0 saturated carbocycles. The molecule has 0 aliphatic carbocycles. The smallest absolute Gasteiger partial charge is 0.294 e. The predicted molar refractivity (Wildman–Crippen MR) is 78.8 cm³/mol. The van der Waals surface area contributed by atoms with Gasteiger partial charge in [0.05, 0.1) is 16.6 Å². The van der Waals surface area contributed by atoms with Crippen molar-refractivity contribution < 1.29 is 9.72 Å². The molecule has 0 aliphatic heterocycles. The second kappa shape index (κ2) is 7.97. The first kappa shape index (κ1) is 16.6. The summed E-state index contributed by atoms with van der Waals surface area (Å²) in [6.07, 6.45) is 0.922. The van der Waals surface area contributed by atoms with Crippen LogP contribution in [0, 0.1) is 21.4 Å². The lowest BCUT2D eigenvalue weighted by atomic mass is 10.2. The highest BCUT2D eigenvalue weighted by Crippen LogP contribution is 2.25. The van der Waals surface area contributed by atoms with Crippen molar-refractivity contribution in [3.63, 3.8) is 0 Å². The average molecular weight is 290 g/mol. The third kappa shape index (κ3) is 5.58. The number of nitro benzene ring substituents is 1. The summed E-state index contributed by atoms with van der Waals surface area (Å²) in [6, 6.07) is 6.14. The predicted octanol–water partition coefficient (Wildman–Crippen LogP) is 2.18. The number of nitro groups is 1. The number of nitrogens with one attached hydrogen (secondary N) is 2. The van der Waals surface area contributed by atoms with Crippen LogP contribution in [0.1, 0.15) is 32.3 Å². The van der Waals surface area contributed by atoms with E-state index in [0.717, 1.165) is 6.07 Å². The van der Waals surface area contributed by atoms with Gasteiger partial charge in [-0.3, -0.25) is 14.9 Å². The standard InChI is InChI=1S/C14H18N4O3/c1-10(2)16-7-3-4-14(19)17-12-6-5-11(9-15)8-13(12)18(20)21/h5-6,8,10,16H,3-4,7H2,1-2H3,(H,17,19). The summed E-state index contributed by atoms with van der Waals surface area (Å²) in [5, 5.41) is 25.4. The second-order valence-corrected chi connectivity index (χ2v) is 4.86. The van der Waals surface area contributed by atoms with E-state index in [-0.39, 0.29) is 29.3 Å². The van der Waals surface area contributed by atoms with E-state index in [1.165, 1.54) is 12.1 Å². The summed E-state index contributed by atoms with van der Waals surface area (Å²) in [4.78, 5) is 22.1. The molecule has 1 aromatic carbocycles. The van der Waals surface area contributed by atoms with Crippen LogP contribution < -0.4 is 10.6 Å². The maximum atomic E-state index is 11.8. The van der Waals surface area contributed by atoms with E-state index in [4.69, 9.17) is 5.26 Å². The normalized spacial score (nSPS) is 10.2. The van der Waals surface area contributed by atoms with Gasteiger partial charge in [0.25, 0.3) is 5.69 Å². The molecule has 1 rings (SSSR count). The fourth-order valence-corrected chi connectivity index (χ4v) is 1.71. The van der Waals surface area contributed by atoms with Gasteiger partial charge in [-0.2, -0.15) is 5.26 Å². The number of rotatable bonds is 7. The van der Waals surface area contributed by atoms with Gasteiger partial charge in [-0.25, -0.2) is 0 Å². The highest BCUT2D eigenvalue weighted by atomic mass is 16.6. The van der Waals surface area contributed by atoms with Crippen molar-refractivity contribution in [2.24, 2.45) is 0 Å². The van der Waals surface area contributed by atoms with Gasteiger partial charge in [0, 0.05) is 18.5 Å². The molecule has 0 fully saturated rings. The molecule has 21 heavy (non-hydrogen) atoms. The Morgan fingerprint density at radius 1 is 1.48 bits per heavy atom. The topological polar surface area (TPSA) is 108 Å². The minimum Gasteiger partial charge on any atom is -0.320 e. The number of amides is 1. The Kier molecular flexibility index (Phi) is 6.30. The molecule has 0 aromatic heterocycles. The van der Waals surface area contributed by atoms with Crippen LogP contribution in [0.3, 0.4) is 0 Å². The van der Waals surface area contributed by atoms with Crippen molar-refractivity contribution in [3.8, 4) is 6.07 Å². The van der Waals surface area contributed by atoms with E-state index < -0.39 is 4.92 Å². The van der Waals surface area contributed by atoms with Gasteiger partial charge in [0.15, 0.2) is 0 Å². The first-order valence-electron chi connectivity index (χ1n) is 6.66. The van der Waals surface area contributed by atoms with Gasteiger partial charge < -0.3 is 10.6 Å². The van der Waals surface area contributed by atoms with E-state index >= 15 is 0 Å². The SMILES string of the molecule is CC(C)NCCCC(=O)Nc1ccc(C#N)cc1[N+](=O)[O-]. The maximum absolute atomic E-state index is 11.8. The highest BCUT2D eigenvalue weighted by Gasteiger charge is 2.16. The average Bonchev–Trinajstić information content (AvgIpc) is 2.43. The van der Waals surface area contributed by atoms with Gasteiger partial charge in [0.2, 0.25) is 5.91 Å². The molecule has 1 amide bonds. The molecule has 0 bridgehead atoms. The van der Waals surface area contributed by atoms with Crippen LogP contribution in [0.2, 0.25) is 0 Å². The zero-order valence-corrected chi connectivity index (χ0v) is 12.0. The molecular formula is C14H18N4O3. The maximum Gasteiger partial charge on any atom is 0.294 e. The van der Waals surface area contributed by atoms with E-state index in [0.29, 0.717) is 19.0 Å². The molecule has 0 atom stereocenters. The van der Waals surface area contributed by atoms with Gasteiger partial charge in [0.1, 0.15) is 5.69 Å². The Balaban J connectivity index is 2.64. The van der Waals surface area contributed by atoms with Crippen molar-refractivity contribution in [2.75, 3.05) is 11.9 Å². The van der Waals surface area contributed by atoms with Gasteiger partial charge in [-0.15, -0.1) is 0 Å². The van der Waals surface area contributed by atoms with Crippen molar-refractivity contribution >= 4 is 17.3 Å². The molecule has 1 aromatic rings. The van der Waals surface area contributed by atoms with Crippen LogP contribution in [-0.2, 0) is 4.79 Å². The van der Waals surface area contributed by atoms with Crippen LogP contribution in [0.4, 0.5) is 11.4 Å². The number of carbonyl (C=O) groups is 1. The number of hydrogen-bond acceptors (Lipinski definition) is 5. The number of nitrogens with zero attached hydrogens (tertiary/aromatic N) is 2. The van der Waals surface area contributed by atoms with Gasteiger partial charge in [-0.05, 0) is 25.1 Å². The Bertz CT molecular complexity index is 564. The quantitative estimate of drug-likeness (QED) is 0.454. The summed E-state index contributed by atoms with van der Waals surface area (Å²) in [5.41, 5.74) is 0.0179. The lowest BCUT2D eigenvalue weighted by Crippen LogP contribution is -2.24. The largest absolute Gasteiger partial charge is 0.320 e. The molecule has 0 heterocycles. The number of nitriles is 1. The zero-order chi connectivity index (χ0) is 15.8. The second-order valence-electron chi connectivity index (χ2n) is 4.86. The van der Waals surface area contributed by atoms with E-state index in [9.17, 15) is 14.9 Å². The molecule has 0 saturated heterocycles. The first-order chi connectivity index (χ1) is 9.93. The summed E-state index contributed by atoms with van der Waals surface area (Å²) in [7, 11) is 0. The first-order valence-corrected chi connectivity index (χ1v) is 6.66. The summed E-state index contributed by atoms with van der Waals surface area (Å²) in [6.45, 7) is 4.74. The molecule has 0 aliphatic rings. The number of hydrogen-bond donors (Lipinski definition) is 2. The lowest BCUT2D eigenvalue weighted by Gasteiger charge is -2.08. The molecular weight excluding hydrogens is 272 g/mol. The molecule has 0 spiro atoms. The van der Waals surface area contributed by atoms with Crippen molar-refractivity contribution in [2.45, 2.75) is 32.7 Å². The third-order valence-electron chi connectivity index (χ3n) is 2.73. The molecule has 7 nitrogen and oxygen atoms in total. The molecule has 0 unspecified atom stereocenters. The van der Waals surface area contributed by atoms with Crippen LogP contribution in [0.15, 0.2) is 18.2 Å². The van der Waals surface area contributed by atoms with E-state index in [1.807, 2.05) is 19.9 Å². The minimum atomic E-state index is -0.614. The van der Waals surface area contributed by atoms with Crippen LogP contribution in [-0.4, -0.2) is 23.4 Å². The summed E-state index contributed by atoms with van der Waals surface area (Å²) in [5.74, 6) is -0.284. The molecule has 2 N–H and O–H groups in total. The van der Waals surface area contributed by atoms with Crippen molar-refractivity contribution in [1.29, 1.82) is 5.26 Å². The number of carbonyl (C=O) groups excluding carboxylic acids is 1. The fourth-order valence-electron chi connectivity index (χ4n) is 1.71. The van der Waals surface area contributed by atoms with Crippen LogP contribution >= 0.6 is 0 Å². The van der Waals surface area contributed by atoms with E-state index in [1.54, 1.807) is 0 Å².